The molecule has 0 aliphatic carbocycles. The zero-order valence-corrected chi connectivity index (χ0v) is 12.7. The van der Waals surface area contributed by atoms with Gasteiger partial charge >= 0.3 is 12.2 Å². The van der Waals surface area contributed by atoms with Crippen LogP contribution in [0.4, 0.5) is 18.0 Å². The minimum atomic E-state index is -4.41. The van der Waals surface area contributed by atoms with E-state index in [0.717, 1.165) is 17.7 Å². The van der Waals surface area contributed by atoms with Gasteiger partial charge in [0.15, 0.2) is 0 Å². The Morgan fingerprint density at radius 2 is 1.62 bits per heavy atom. The van der Waals surface area contributed by atoms with Crippen LogP contribution < -0.4 is 10.6 Å². The Hall–Kier alpha value is -2.54. The van der Waals surface area contributed by atoms with Crippen LogP contribution in [0.2, 0.25) is 0 Å². The van der Waals surface area contributed by atoms with Gasteiger partial charge in [0.2, 0.25) is 0 Å². The quantitative estimate of drug-likeness (QED) is 0.784. The van der Waals surface area contributed by atoms with Crippen LogP contribution in [0.1, 0.15) is 22.3 Å². The number of carbonyl (C=O) groups excluding carboxylic acids is 1. The number of rotatable bonds is 5. The normalized spacial score (nSPS) is 11.2. The molecule has 4 nitrogen and oxygen atoms in total. The lowest BCUT2D eigenvalue weighted by atomic mass is 10.1. The van der Waals surface area contributed by atoms with Crippen LogP contribution in [0.15, 0.2) is 48.5 Å². The van der Waals surface area contributed by atoms with Crippen LogP contribution in [0, 0.1) is 0 Å². The zero-order chi connectivity index (χ0) is 17.6. The van der Waals surface area contributed by atoms with Crippen molar-refractivity contribution in [2.45, 2.75) is 25.9 Å². The van der Waals surface area contributed by atoms with Crippen molar-refractivity contribution in [1.29, 1.82) is 0 Å². The summed E-state index contributed by atoms with van der Waals surface area (Å²) in [6.45, 7) is 0.0618. The molecule has 128 valence electrons. The number of amides is 2. The minimum Gasteiger partial charge on any atom is -0.392 e. The van der Waals surface area contributed by atoms with Crippen LogP contribution in [0.3, 0.4) is 0 Å². The van der Waals surface area contributed by atoms with E-state index in [1.165, 1.54) is 12.1 Å². The second-order valence-corrected chi connectivity index (χ2v) is 5.16. The van der Waals surface area contributed by atoms with Gasteiger partial charge in [-0.15, -0.1) is 0 Å². The summed E-state index contributed by atoms with van der Waals surface area (Å²) in [5.41, 5.74) is 1.08. The maximum Gasteiger partial charge on any atom is 0.416 e. The number of hydrogen-bond donors (Lipinski definition) is 3. The molecule has 0 aliphatic rings. The lowest BCUT2D eigenvalue weighted by molar-refractivity contribution is -0.137. The van der Waals surface area contributed by atoms with Gasteiger partial charge in [-0.3, -0.25) is 0 Å². The van der Waals surface area contributed by atoms with E-state index in [-0.39, 0.29) is 19.7 Å². The molecule has 0 unspecified atom stereocenters. The second-order valence-electron chi connectivity index (χ2n) is 5.16. The molecule has 0 saturated carbocycles. The third-order valence-electron chi connectivity index (χ3n) is 3.44. The molecule has 0 saturated heterocycles. The molecule has 0 radical (unpaired) electrons. The first kappa shape index (κ1) is 17.8. The molecule has 7 heteroatoms. The van der Waals surface area contributed by atoms with Gasteiger partial charge in [-0.05, 0) is 28.8 Å². The molecular formula is C17H17F3N2O2. The van der Waals surface area contributed by atoms with Crippen LogP contribution in [0.5, 0.6) is 0 Å². The monoisotopic (exact) mass is 338 g/mol. The van der Waals surface area contributed by atoms with Crippen LogP contribution in [-0.2, 0) is 25.9 Å². The molecule has 2 rings (SSSR count). The summed E-state index contributed by atoms with van der Waals surface area (Å²) < 4.78 is 37.9. The highest BCUT2D eigenvalue weighted by molar-refractivity contribution is 5.73. The SMILES string of the molecule is O=C(NCc1cccc(C(F)(F)F)c1)NCc1ccccc1CO. The lowest BCUT2D eigenvalue weighted by Gasteiger charge is -2.11. The third kappa shape index (κ3) is 4.99. The topological polar surface area (TPSA) is 61.4 Å². The number of halogens is 3. The maximum atomic E-state index is 12.6. The summed E-state index contributed by atoms with van der Waals surface area (Å²) in [4.78, 5) is 11.8. The van der Waals surface area contributed by atoms with Gasteiger partial charge in [-0.1, -0.05) is 36.4 Å². The predicted octanol–water partition coefficient (Wildman–Crippen LogP) is 3.20. The molecule has 0 aliphatic heterocycles. The fraction of sp³-hybridized carbons (Fsp3) is 0.235. The van der Waals surface area contributed by atoms with Crippen LogP contribution in [0.25, 0.3) is 0 Å². The van der Waals surface area contributed by atoms with E-state index in [0.29, 0.717) is 11.1 Å². The highest BCUT2D eigenvalue weighted by atomic mass is 19.4. The molecule has 0 bridgehead atoms. The number of hydrogen-bond acceptors (Lipinski definition) is 2. The van der Waals surface area contributed by atoms with Gasteiger partial charge in [0.1, 0.15) is 0 Å². The number of alkyl halides is 3. The van der Waals surface area contributed by atoms with Crippen molar-refractivity contribution in [1.82, 2.24) is 10.6 Å². The standard InChI is InChI=1S/C17H17F3N2O2/c18-17(19,20)15-7-3-4-12(8-15)9-21-16(24)22-10-13-5-1-2-6-14(13)11-23/h1-8,23H,9-11H2,(H2,21,22,24). The van der Waals surface area contributed by atoms with Gasteiger partial charge in [0, 0.05) is 13.1 Å². The van der Waals surface area contributed by atoms with Gasteiger partial charge in [0.25, 0.3) is 0 Å². The Bertz CT molecular complexity index is 702. The summed E-state index contributed by atoms with van der Waals surface area (Å²) in [7, 11) is 0. The molecule has 0 spiro atoms. The molecule has 0 atom stereocenters. The van der Waals surface area contributed by atoms with Crippen molar-refractivity contribution in [2.75, 3.05) is 0 Å². The Balaban J connectivity index is 1.87. The van der Waals surface area contributed by atoms with Gasteiger partial charge in [0.05, 0.1) is 12.2 Å². The predicted molar refractivity (Wildman–Crippen MR) is 82.9 cm³/mol. The summed E-state index contributed by atoms with van der Waals surface area (Å²) in [5.74, 6) is 0. The molecule has 2 amide bonds. The summed E-state index contributed by atoms with van der Waals surface area (Å²) in [6, 6.07) is 11.4. The Labute approximate surface area is 137 Å². The molecular weight excluding hydrogens is 321 g/mol. The average molecular weight is 338 g/mol. The smallest absolute Gasteiger partial charge is 0.392 e. The molecule has 0 heterocycles. The van der Waals surface area contributed by atoms with Crippen molar-refractivity contribution < 1.29 is 23.1 Å². The molecule has 3 N–H and O–H groups in total. The van der Waals surface area contributed by atoms with Crippen molar-refractivity contribution in [3.63, 3.8) is 0 Å². The van der Waals surface area contributed by atoms with Gasteiger partial charge in [-0.2, -0.15) is 13.2 Å². The first-order chi connectivity index (χ1) is 11.4. The van der Waals surface area contributed by atoms with E-state index in [1.807, 2.05) is 0 Å². The van der Waals surface area contributed by atoms with Crippen LogP contribution in [-0.4, -0.2) is 11.1 Å². The minimum absolute atomic E-state index is 0.0165. The van der Waals surface area contributed by atoms with Gasteiger partial charge in [-0.25, -0.2) is 4.79 Å². The summed E-state index contributed by atoms with van der Waals surface area (Å²) in [6.07, 6.45) is -4.41. The Morgan fingerprint density at radius 1 is 0.958 bits per heavy atom. The number of nitrogens with one attached hydrogen (secondary N) is 2. The molecule has 2 aromatic rings. The highest BCUT2D eigenvalue weighted by Gasteiger charge is 2.30. The van der Waals surface area contributed by atoms with Gasteiger partial charge < -0.3 is 15.7 Å². The first-order valence-electron chi connectivity index (χ1n) is 7.25. The lowest BCUT2D eigenvalue weighted by Crippen LogP contribution is -2.34. The van der Waals surface area contributed by atoms with E-state index >= 15 is 0 Å². The van der Waals surface area contributed by atoms with Crippen molar-refractivity contribution >= 4 is 6.03 Å². The fourth-order valence-electron chi connectivity index (χ4n) is 2.16. The fourth-order valence-corrected chi connectivity index (χ4v) is 2.16. The van der Waals surface area contributed by atoms with E-state index in [1.54, 1.807) is 24.3 Å². The first-order valence-corrected chi connectivity index (χ1v) is 7.25. The van der Waals surface area contributed by atoms with Crippen molar-refractivity contribution in [3.05, 3.63) is 70.8 Å². The number of benzene rings is 2. The van der Waals surface area contributed by atoms with Crippen molar-refractivity contribution in [2.24, 2.45) is 0 Å². The third-order valence-corrected chi connectivity index (χ3v) is 3.44. The number of carbonyl (C=O) groups is 1. The highest BCUT2D eigenvalue weighted by Crippen LogP contribution is 2.29. The zero-order valence-electron chi connectivity index (χ0n) is 12.7. The maximum absolute atomic E-state index is 12.6. The van der Waals surface area contributed by atoms with E-state index < -0.39 is 17.8 Å². The van der Waals surface area contributed by atoms with E-state index in [9.17, 15) is 23.1 Å². The number of aliphatic hydroxyl groups is 1. The molecule has 0 fully saturated rings. The average Bonchev–Trinajstić information content (AvgIpc) is 2.58. The van der Waals surface area contributed by atoms with E-state index in [4.69, 9.17) is 0 Å². The summed E-state index contributed by atoms with van der Waals surface area (Å²) in [5, 5.41) is 14.3. The van der Waals surface area contributed by atoms with Crippen molar-refractivity contribution in [3.8, 4) is 0 Å². The number of aliphatic hydroxyl groups excluding tert-OH is 1. The second kappa shape index (κ2) is 7.83. The number of urea groups is 1. The summed E-state index contributed by atoms with van der Waals surface area (Å²) >= 11 is 0. The molecule has 0 aromatic heterocycles. The Morgan fingerprint density at radius 3 is 2.29 bits per heavy atom. The molecule has 24 heavy (non-hydrogen) atoms. The Kier molecular flexibility index (Phi) is 5.81. The van der Waals surface area contributed by atoms with E-state index in [2.05, 4.69) is 10.6 Å². The largest absolute Gasteiger partial charge is 0.416 e. The van der Waals surface area contributed by atoms with Crippen LogP contribution >= 0.6 is 0 Å². The molecule has 2 aromatic carbocycles.